The Hall–Kier alpha value is -2.48. The lowest BCUT2D eigenvalue weighted by atomic mass is 9.89. The van der Waals surface area contributed by atoms with Crippen molar-refractivity contribution in [1.29, 1.82) is 5.26 Å². The van der Waals surface area contributed by atoms with Crippen molar-refractivity contribution in [2.75, 3.05) is 13.1 Å². The molecule has 9 nitrogen and oxygen atoms in total. The molecule has 1 saturated heterocycles. The number of fused-ring (bicyclic) bond motifs is 3. The van der Waals surface area contributed by atoms with Crippen LogP contribution in [0.15, 0.2) is 18.5 Å². The van der Waals surface area contributed by atoms with E-state index in [4.69, 9.17) is 0 Å². The molecule has 128 valence electrons. The van der Waals surface area contributed by atoms with E-state index in [9.17, 15) is 14.0 Å². The molecule has 3 aromatic heterocycles. The Balaban J connectivity index is 1.78. The van der Waals surface area contributed by atoms with Crippen molar-refractivity contribution in [2.45, 2.75) is 24.1 Å². The van der Waals surface area contributed by atoms with Crippen LogP contribution in [0.4, 0.5) is 0 Å². The van der Waals surface area contributed by atoms with Crippen molar-refractivity contribution in [3.8, 4) is 6.07 Å². The summed E-state index contributed by atoms with van der Waals surface area (Å²) in [6.07, 6.45) is 5.20. The highest BCUT2D eigenvalue weighted by Gasteiger charge is 2.31. The summed E-state index contributed by atoms with van der Waals surface area (Å²) in [4.78, 5) is 5.97. The molecule has 4 heterocycles. The third-order valence-corrected chi connectivity index (χ3v) is 5.40. The van der Waals surface area contributed by atoms with Gasteiger partial charge >= 0.3 is 0 Å². The molecule has 0 amide bonds. The summed E-state index contributed by atoms with van der Waals surface area (Å²) in [5.41, 5.74) is 2.15. The standard InChI is InChI=1S/C15H15N7O2S/c16-6-12(25(23)24)22-5-1-2-9(8-22)11-7-18-19-15-13(11)10-3-4-17-14(10)20-21-15/h3-4,7,9,12H,1-2,5,8H2,(H,19,21)(H,23,24). The van der Waals surface area contributed by atoms with Crippen LogP contribution in [0.25, 0.3) is 22.1 Å². The average Bonchev–Trinajstić information content (AvgIpc) is 3.11. The van der Waals surface area contributed by atoms with Gasteiger partial charge in [-0.15, -0.1) is 10.2 Å². The van der Waals surface area contributed by atoms with E-state index in [1.54, 1.807) is 17.3 Å². The van der Waals surface area contributed by atoms with Crippen molar-refractivity contribution in [2.24, 2.45) is 0 Å². The Morgan fingerprint density at radius 2 is 2.36 bits per heavy atom. The van der Waals surface area contributed by atoms with Crippen molar-refractivity contribution >= 4 is 33.1 Å². The van der Waals surface area contributed by atoms with Crippen LogP contribution in [-0.4, -0.2) is 57.5 Å². The molecule has 25 heavy (non-hydrogen) atoms. The van der Waals surface area contributed by atoms with Gasteiger partial charge in [-0.2, -0.15) is 10.4 Å². The van der Waals surface area contributed by atoms with Crippen molar-refractivity contribution in [1.82, 2.24) is 30.3 Å². The topological polar surface area (TPSA) is 132 Å². The van der Waals surface area contributed by atoms with E-state index in [0.717, 1.165) is 29.2 Å². The molecule has 1 fully saturated rings. The van der Waals surface area contributed by atoms with Gasteiger partial charge in [-0.3, -0.25) is 10.00 Å². The molecule has 3 atom stereocenters. The Kier molecular flexibility index (Phi) is 4.12. The third kappa shape index (κ3) is 2.76. The molecule has 0 radical (unpaired) electrons. The summed E-state index contributed by atoms with van der Waals surface area (Å²) >= 11 is -2.20. The van der Waals surface area contributed by atoms with Gasteiger partial charge in [0.25, 0.3) is 0 Å². The zero-order valence-electron chi connectivity index (χ0n) is 13.2. The highest BCUT2D eigenvalue weighted by Crippen LogP contribution is 2.34. The lowest BCUT2D eigenvalue weighted by Crippen LogP contribution is -2.43. The second-order valence-electron chi connectivity index (χ2n) is 6.02. The quantitative estimate of drug-likeness (QED) is 0.667. The van der Waals surface area contributed by atoms with Crippen LogP contribution in [0.1, 0.15) is 24.3 Å². The predicted octanol–water partition coefficient (Wildman–Crippen LogP) is 1.15. The van der Waals surface area contributed by atoms with Crippen molar-refractivity contribution < 1.29 is 8.76 Å². The van der Waals surface area contributed by atoms with Crippen LogP contribution in [-0.2, 0) is 11.1 Å². The van der Waals surface area contributed by atoms with E-state index in [0.29, 0.717) is 24.4 Å². The maximum atomic E-state index is 11.4. The Labute approximate surface area is 145 Å². The number of piperidine rings is 1. The Morgan fingerprint density at radius 3 is 3.16 bits per heavy atom. The SMILES string of the molecule is N#CC(N1CCCC(c2cn[nH]c3nnc4nccc4c23)C1)S(=O)O. The van der Waals surface area contributed by atoms with E-state index in [1.807, 2.05) is 12.1 Å². The van der Waals surface area contributed by atoms with Gasteiger partial charge in [0.05, 0.1) is 12.3 Å². The van der Waals surface area contributed by atoms with Crippen LogP contribution in [0.5, 0.6) is 0 Å². The van der Waals surface area contributed by atoms with Gasteiger partial charge in [0, 0.05) is 30.1 Å². The number of aromatic amines is 1. The maximum Gasteiger partial charge on any atom is 0.200 e. The predicted molar refractivity (Wildman–Crippen MR) is 90.7 cm³/mol. The largest absolute Gasteiger partial charge is 0.304 e. The average molecular weight is 357 g/mol. The number of nitrogens with zero attached hydrogens (tertiary/aromatic N) is 6. The molecule has 2 N–H and O–H groups in total. The number of likely N-dealkylation sites (tertiary alicyclic amines) is 1. The second-order valence-corrected chi connectivity index (χ2v) is 7.02. The minimum Gasteiger partial charge on any atom is -0.304 e. The highest BCUT2D eigenvalue weighted by molar-refractivity contribution is 7.80. The summed E-state index contributed by atoms with van der Waals surface area (Å²) < 4.78 is 20.8. The first-order valence-corrected chi connectivity index (χ1v) is 9.03. The van der Waals surface area contributed by atoms with Crippen LogP contribution >= 0.6 is 0 Å². The number of hydrogen-bond acceptors (Lipinski definition) is 7. The fourth-order valence-electron chi connectivity index (χ4n) is 3.51. The molecule has 10 heteroatoms. The first kappa shape index (κ1) is 16.0. The van der Waals surface area contributed by atoms with Gasteiger partial charge < -0.3 is 4.55 Å². The van der Waals surface area contributed by atoms with Gasteiger partial charge in [0.2, 0.25) is 0 Å². The molecule has 1 aliphatic rings. The Bertz CT molecular complexity index is 998. The molecule has 3 unspecified atom stereocenters. The minimum absolute atomic E-state index is 0.0834. The number of H-pyrrole nitrogens is 1. The molecule has 0 spiro atoms. The fraction of sp³-hybridized carbons (Fsp3) is 0.400. The lowest BCUT2D eigenvalue weighted by molar-refractivity contribution is 0.210. The third-order valence-electron chi connectivity index (χ3n) is 4.62. The lowest BCUT2D eigenvalue weighted by Gasteiger charge is -2.34. The van der Waals surface area contributed by atoms with E-state index < -0.39 is 16.5 Å². The smallest absolute Gasteiger partial charge is 0.200 e. The Morgan fingerprint density at radius 1 is 1.48 bits per heavy atom. The maximum absolute atomic E-state index is 11.4. The molecule has 3 aromatic rings. The van der Waals surface area contributed by atoms with Crippen LogP contribution < -0.4 is 0 Å². The van der Waals surface area contributed by atoms with Crippen molar-refractivity contribution in [3.63, 3.8) is 0 Å². The monoisotopic (exact) mass is 357 g/mol. The number of nitrogens with one attached hydrogen (secondary N) is 1. The molecular weight excluding hydrogens is 342 g/mol. The summed E-state index contributed by atoms with van der Waals surface area (Å²) in [7, 11) is 0. The first-order valence-electron chi connectivity index (χ1n) is 7.86. The molecule has 0 aliphatic carbocycles. The number of aromatic nitrogens is 5. The molecule has 0 aromatic carbocycles. The summed E-state index contributed by atoms with van der Waals surface area (Å²) in [6, 6.07) is 3.82. The minimum atomic E-state index is -2.20. The normalized spacial score (nSPS) is 21.2. The molecule has 0 saturated carbocycles. The molecule has 1 aliphatic heterocycles. The van der Waals surface area contributed by atoms with Crippen molar-refractivity contribution in [3.05, 3.63) is 24.0 Å². The van der Waals surface area contributed by atoms with Gasteiger partial charge in [0.15, 0.2) is 27.7 Å². The number of rotatable bonds is 3. The molecule has 0 bridgehead atoms. The zero-order valence-corrected chi connectivity index (χ0v) is 14.0. The van der Waals surface area contributed by atoms with E-state index in [2.05, 4.69) is 25.4 Å². The van der Waals surface area contributed by atoms with Gasteiger partial charge in [-0.1, -0.05) is 0 Å². The molecular formula is C15H15N7O2S. The first-order chi connectivity index (χ1) is 12.2. The second kappa shape index (κ2) is 6.44. The van der Waals surface area contributed by atoms with Crippen LogP contribution in [0.2, 0.25) is 0 Å². The van der Waals surface area contributed by atoms with Crippen LogP contribution in [0.3, 0.4) is 0 Å². The van der Waals surface area contributed by atoms with E-state index in [1.165, 1.54) is 0 Å². The molecule has 4 rings (SSSR count). The fourth-order valence-corrected chi connectivity index (χ4v) is 4.05. The summed E-state index contributed by atoms with van der Waals surface area (Å²) in [5, 5.41) is 25.3. The van der Waals surface area contributed by atoms with Gasteiger partial charge in [-0.25, -0.2) is 9.19 Å². The van der Waals surface area contributed by atoms with Crippen LogP contribution in [0, 0.1) is 11.3 Å². The highest BCUT2D eigenvalue weighted by atomic mass is 32.2. The zero-order chi connectivity index (χ0) is 17.4. The number of nitriles is 1. The number of hydrogen-bond donors (Lipinski definition) is 2. The van der Waals surface area contributed by atoms with E-state index >= 15 is 0 Å². The summed E-state index contributed by atoms with van der Waals surface area (Å²) in [5.74, 6) is 0.0834. The van der Waals surface area contributed by atoms with Gasteiger partial charge in [0.1, 0.15) is 0 Å². The summed E-state index contributed by atoms with van der Waals surface area (Å²) in [6.45, 7) is 1.14. The van der Waals surface area contributed by atoms with E-state index in [-0.39, 0.29) is 5.92 Å². The van der Waals surface area contributed by atoms with Gasteiger partial charge in [-0.05, 0) is 30.4 Å².